The number of thiophene rings is 1. The van der Waals surface area contributed by atoms with Crippen molar-refractivity contribution in [2.24, 2.45) is 0 Å². The zero-order chi connectivity index (χ0) is 10.7. The fourth-order valence-corrected chi connectivity index (χ4v) is 2.35. The Morgan fingerprint density at radius 1 is 1.20 bits per heavy atom. The maximum absolute atomic E-state index is 6.07. The van der Waals surface area contributed by atoms with Crippen molar-refractivity contribution in [1.82, 2.24) is 0 Å². The van der Waals surface area contributed by atoms with Gasteiger partial charge in [-0.05, 0) is 30.5 Å². The smallest absolute Gasteiger partial charge is 0.0637 e. The van der Waals surface area contributed by atoms with Crippen molar-refractivity contribution >= 4 is 28.6 Å². The second-order valence-electron chi connectivity index (χ2n) is 3.36. The second kappa shape index (κ2) is 4.69. The van der Waals surface area contributed by atoms with Crippen LogP contribution in [-0.4, -0.2) is 0 Å². The molecule has 0 aliphatic rings. The molecule has 0 saturated carbocycles. The molecule has 2 aromatic rings. The van der Waals surface area contributed by atoms with Crippen LogP contribution in [0.2, 0.25) is 5.02 Å². The largest absolute Gasteiger partial charge is 0.377 e. The maximum atomic E-state index is 6.07. The number of halogens is 1. The highest BCUT2D eigenvalue weighted by atomic mass is 35.5. The molecule has 1 nitrogen and oxygen atoms in total. The molecule has 0 fully saturated rings. The third-order valence-corrected chi connectivity index (χ3v) is 3.60. The van der Waals surface area contributed by atoms with Crippen LogP contribution in [-0.2, 0) is 0 Å². The molecule has 1 aromatic carbocycles. The average molecular weight is 238 g/mol. The quantitative estimate of drug-likeness (QED) is 0.824. The number of nitrogens with one attached hydrogen (secondary N) is 1. The lowest BCUT2D eigenvalue weighted by atomic mass is 10.2. The third kappa shape index (κ3) is 2.52. The second-order valence-corrected chi connectivity index (χ2v) is 4.75. The van der Waals surface area contributed by atoms with E-state index in [1.165, 1.54) is 4.88 Å². The van der Waals surface area contributed by atoms with Gasteiger partial charge in [-0.1, -0.05) is 29.8 Å². The zero-order valence-electron chi connectivity index (χ0n) is 8.41. The molecule has 0 saturated heterocycles. The van der Waals surface area contributed by atoms with Gasteiger partial charge in [0.25, 0.3) is 0 Å². The zero-order valence-corrected chi connectivity index (χ0v) is 9.98. The minimum absolute atomic E-state index is 0.296. The van der Waals surface area contributed by atoms with Crippen LogP contribution in [0.5, 0.6) is 0 Å². The van der Waals surface area contributed by atoms with E-state index < -0.39 is 0 Å². The van der Waals surface area contributed by atoms with Gasteiger partial charge in [-0.25, -0.2) is 0 Å². The molecular weight excluding hydrogens is 226 g/mol. The van der Waals surface area contributed by atoms with Gasteiger partial charge in [-0.3, -0.25) is 0 Å². The third-order valence-electron chi connectivity index (χ3n) is 2.22. The van der Waals surface area contributed by atoms with E-state index in [1.807, 2.05) is 24.3 Å². The summed E-state index contributed by atoms with van der Waals surface area (Å²) in [5, 5.41) is 6.24. The van der Waals surface area contributed by atoms with E-state index in [1.54, 1.807) is 11.3 Å². The molecule has 0 radical (unpaired) electrons. The molecule has 1 N–H and O–H groups in total. The lowest BCUT2D eigenvalue weighted by Gasteiger charge is -2.14. The fraction of sp³-hybridized carbons (Fsp3) is 0.167. The Morgan fingerprint density at radius 2 is 2.00 bits per heavy atom. The van der Waals surface area contributed by atoms with Gasteiger partial charge in [0.1, 0.15) is 0 Å². The Morgan fingerprint density at radius 3 is 2.67 bits per heavy atom. The first-order chi connectivity index (χ1) is 7.27. The highest BCUT2D eigenvalue weighted by Gasteiger charge is 2.07. The Balaban J connectivity index is 2.13. The molecule has 0 bridgehead atoms. The minimum atomic E-state index is 0.296. The summed E-state index contributed by atoms with van der Waals surface area (Å²) >= 11 is 7.82. The first-order valence-corrected chi connectivity index (χ1v) is 6.07. The van der Waals surface area contributed by atoms with Crippen molar-refractivity contribution in [2.45, 2.75) is 13.0 Å². The summed E-state index contributed by atoms with van der Waals surface area (Å²) in [6.45, 7) is 2.13. The van der Waals surface area contributed by atoms with Crippen molar-refractivity contribution in [2.75, 3.05) is 5.32 Å². The minimum Gasteiger partial charge on any atom is -0.377 e. The average Bonchev–Trinajstić information content (AvgIpc) is 2.74. The van der Waals surface area contributed by atoms with Crippen molar-refractivity contribution in [3.8, 4) is 0 Å². The molecule has 0 spiro atoms. The van der Waals surface area contributed by atoms with E-state index in [9.17, 15) is 0 Å². The van der Waals surface area contributed by atoms with Gasteiger partial charge in [0.2, 0.25) is 0 Å². The summed E-state index contributed by atoms with van der Waals surface area (Å²) in [5.74, 6) is 0. The van der Waals surface area contributed by atoms with Gasteiger partial charge in [-0.15, -0.1) is 11.3 Å². The highest BCUT2D eigenvalue weighted by Crippen LogP contribution is 2.27. The summed E-state index contributed by atoms with van der Waals surface area (Å²) in [6.07, 6.45) is 0. The molecule has 2 rings (SSSR count). The standard InChI is InChI=1S/C12H12ClNS/c1-9(12-7-4-8-15-12)14-11-6-3-2-5-10(11)13/h2-9,14H,1H3. The van der Waals surface area contributed by atoms with Gasteiger partial charge >= 0.3 is 0 Å². The molecule has 1 aromatic heterocycles. The Bertz CT molecular complexity index is 425. The van der Waals surface area contributed by atoms with Crippen LogP contribution in [0.15, 0.2) is 41.8 Å². The van der Waals surface area contributed by atoms with Crippen LogP contribution in [0.3, 0.4) is 0 Å². The van der Waals surface area contributed by atoms with Crippen LogP contribution in [0.25, 0.3) is 0 Å². The lowest BCUT2D eigenvalue weighted by Crippen LogP contribution is -2.04. The van der Waals surface area contributed by atoms with Crippen molar-refractivity contribution in [3.05, 3.63) is 51.7 Å². The van der Waals surface area contributed by atoms with Crippen LogP contribution >= 0.6 is 22.9 Å². The number of hydrogen-bond acceptors (Lipinski definition) is 2. The van der Waals surface area contributed by atoms with E-state index >= 15 is 0 Å². The fourth-order valence-electron chi connectivity index (χ4n) is 1.42. The maximum Gasteiger partial charge on any atom is 0.0637 e. The number of anilines is 1. The molecule has 78 valence electrons. The molecule has 0 amide bonds. The van der Waals surface area contributed by atoms with E-state index in [0.29, 0.717) is 6.04 Å². The van der Waals surface area contributed by atoms with Crippen LogP contribution in [0.4, 0.5) is 5.69 Å². The summed E-state index contributed by atoms with van der Waals surface area (Å²) in [4.78, 5) is 1.31. The monoisotopic (exact) mass is 237 g/mol. The summed E-state index contributed by atoms with van der Waals surface area (Å²) in [5.41, 5.74) is 0.986. The van der Waals surface area contributed by atoms with Gasteiger partial charge < -0.3 is 5.32 Å². The molecule has 0 aliphatic heterocycles. The SMILES string of the molecule is CC(Nc1ccccc1Cl)c1cccs1. The topological polar surface area (TPSA) is 12.0 Å². The Labute approximate surface area is 98.7 Å². The molecule has 1 atom stereocenters. The predicted octanol–water partition coefficient (Wildman–Crippen LogP) is 4.57. The molecular formula is C12H12ClNS. The molecule has 1 heterocycles. The molecule has 3 heteroatoms. The van der Waals surface area contributed by atoms with Gasteiger partial charge in [0, 0.05) is 4.88 Å². The van der Waals surface area contributed by atoms with E-state index in [0.717, 1.165) is 10.7 Å². The number of hydrogen-bond donors (Lipinski definition) is 1. The summed E-state index contributed by atoms with van der Waals surface area (Å²) < 4.78 is 0. The normalized spacial score (nSPS) is 12.4. The van der Waals surface area contributed by atoms with Gasteiger partial charge in [0.15, 0.2) is 0 Å². The van der Waals surface area contributed by atoms with Crippen LogP contribution in [0, 0.1) is 0 Å². The van der Waals surface area contributed by atoms with Crippen LogP contribution in [0.1, 0.15) is 17.8 Å². The van der Waals surface area contributed by atoms with E-state index in [4.69, 9.17) is 11.6 Å². The molecule has 15 heavy (non-hydrogen) atoms. The lowest BCUT2D eigenvalue weighted by molar-refractivity contribution is 0.908. The number of para-hydroxylation sites is 1. The van der Waals surface area contributed by atoms with Crippen LogP contribution < -0.4 is 5.32 Å². The highest BCUT2D eigenvalue weighted by molar-refractivity contribution is 7.10. The van der Waals surface area contributed by atoms with Crippen molar-refractivity contribution in [1.29, 1.82) is 0 Å². The number of rotatable bonds is 3. The van der Waals surface area contributed by atoms with Crippen molar-refractivity contribution < 1.29 is 0 Å². The van der Waals surface area contributed by atoms with Gasteiger partial charge in [-0.2, -0.15) is 0 Å². The predicted molar refractivity (Wildman–Crippen MR) is 67.8 cm³/mol. The van der Waals surface area contributed by atoms with Crippen molar-refractivity contribution in [3.63, 3.8) is 0 Å². The Kier molecular flexibility index (Phi) is 3.29. The Hall–Kier alpha value is -0.990. The summed E-state index contributed by atoms with van der Waals surface area (Å²) in [6, 6.07) is 12.3. The molecule has 0 aliphatic carbocycles. The van der Waals surface area contributed by atoms with Gasteiger partial charge in [0.05, 0.1) is 16.8 Å². The number of benzene rings is 1. The first-order valence-electron chi connectivity index (χ1n) is 4.82. The summed E-state index contributed by atoms with van der Waals surface area (Å²) in [7, 11) is 0. The van der Waals surface area contributed by atoms with E-state index in [-0.39, 0.29) is 0 Å². The first kappa shape index (κ1) is 10.5. The van der Waals surface area contributed by atoms with E-state index in [2.05, 4.69) is 29.8 Å². The molecule has 1 unspecified atom stereocenters.